The molecule has 1 fully saturated rings. The Morgan fingerprint density at radius 2 is 2.06 bits per heavy atom. The Hall–Kier alpha value is -1.03. The number of likely N-dealkylation sites (tertiary alicyclic amines) is 1. The molecule has 1 aromatic heterocycles. The van der Waals surface area contributed by atoms with Gasteiger partial charge in [0.25, 0.3) is 6.01 Å². The maximum atomic E-state index is 5.46. The van der Waals surface area contributed by atoms with Gasteiger partial charge < -0.3 is 14.6 Å². The molecule has 17 heavy (non-hydrogen) atoms. The Labute approximate surface area is 103 Å². The first kappa shape index (κ1) is 12.4. The number of hydrogen-bond acceptors (Lipinski definition) is 3. The predicted octanol–water partition coefficient (Wildman–Crippen LogP) is 2.44. The van der Waals surface area contributed by atoms with E-state index in [9.17, 15) is 0 Å². The summed E-state index contributed by atoms with van der Waals surface area (Å²) in [5, 5.41) is 0. The molecule has 0 aliphatic carbocycles. The molecule has 1 N–H and O–H groups in total. The average Bonchev–Trinajstić information content (AvgIpc) is 2.88. The maximum absolute atomic E-state index is 5.46. The summed E-state index contributed by atoms with van der Waals surface area (Å²) in [4.78, 5) is 9.55. The zero-order valence-electron chi connectivity index (χ0n) is 10.5. The molecule has 0 spiro atoms. The van der Waals surface area contributed by atoms with E-state index in [-0.39, 0.29) is 0 Å². The summed E-state index contributed by atoms with van der Waals surface area (Å²) < 4.78 is 5.46. The normalized spacial score (nSPS) is 17.2. The number of unbranched alkanes of at least 4 members (excludes halogenated alkanes) is 2. The fourth-order valence-electron chi connectivity index (χ4n) is 2.30. The van der Waals surface area contributed by atoms with E-state index in [1.54, 1.807) is 12.4 Å². The van der Waals surface area contributed by atoms with Crippen molar-refractivity contribution in [3.63, 3.8) is 0 Å². The van der Waals surface area contributed by atoms with E-state index in [4.69, 9.17) is 4.74 Å². The van der Waals surface area contributed by atoms with Gasteiger partial charge in [0.15, 0.2) is 0 Å². The Morgan fingerprint density at radius 1 is 1.18 bits per heavy atom. The van der Waals surface area contributed by atoms with Crippen molar-refractivity contribution in [1.82, 2.24) is 14.9 Å². The van der Waals surface area contributed by atoms with Crippen molar-refractivity contribution in [2.45, 2.75) is 38.5 Å². The second-order valence-electron chi connectivity index (χ2n) is 4.71. The van der Waals surface area contributed by atoms with E-state index in [0.717, 1.165) is 13.0 Å². The highest BCUT2D eigenvalue weighted by Crippen LogP contribution is 2.10. The van der Waals surface area contributed by atoms with Gasteiger partial charge in [-0.25, -0.2) is 4.98 Å². The van der Waals surface area contributed by atoms with Gasteiger partial charge in [0, 0.05) is 12.4 Å². The molecule has 0 atom stereocenters. The predicted molar refractivity (Wildman–Crippen MR) is 68.2 cm³/mol. The number of nitrogens with one attached hydrogen (secondary N) is 1. The summed E-state index contributed by atoms with van der Waals surface area (Å²) in [6, 6.07) is 0.640. The average molecular weight is 237 g/mol. The molecule has 1 saturated heterocycles. The topological polar surface area (TPSA) is 41.1 Å². The quantitative estimate of drug-likeness (QED) is 0.741. The molecule has 1 aliphatic heterocycles. The summed E-state index contributed by atoms with van der Waals surface area (Å²) in [6.45, 7) is 4.65. The van der Waals surface area contributed by atoms with E-state index in [0.29, 0.717) is 6.01 Å². The Bertz CT molecular complexity index is 281. The van der Waals surface area contributed by atoms with E-state index in [1.165, 1.54) is 51.7 Å². The first-order chi connectivity index (χ1) is 8.45. The minimum atomic E-state index is 0.640. The minimum absolute atomic E-state index is 0.640. The summed E-state index contributed by atoms with van der Waals surface area (Å²) in [7, 11) is 0. The maximum Gasteiger partial charge on any atom is 0.293 e. The lowest BCUT2D eigenvalue weighted by Crippen LogP contribution is -2.30. The lowest BCUT2D eigenvalue weighted by molar-refractivity contribution is 0.220. The lowest BCUT2D eigenvalue weighted by Gasteiger charge is -2.26. The van der Waals surface area contributed by atoms with Crippen molar-refractivity contribution in [1.29, 1.82) is 0 Å². The molecule has 4 nitrogen and oxygen atoms in total. The number of hydrogen-bond donors (Lipinski definition) is 1. The van der Waals surface area contributed by atoms with E-state index in [1.807, 2.05) is 0 Å². The van der Waals surface area contributed by atoms with E-state index < -0.39 is 0 Å². The van der Waals surface area contributed by atoms with Crippen molar-refractivity contribution in [2.24, 2.45) is 0 Å². The molecule has 1 aliphatic rings. The van der Waals surface area contributed by atoms with Crippen LogP contribution in [0.2, 0.25) is 0 Å². The second-order valence-corrected chi connectivity index (χ2v) is 4.71. The van der Waals surface area contributed by atoms with Crippen LogP contribution in [0.25, 0.3) is 0 Å². The van der Waals surface area contributed by atoms with Crippen LogP contribution in [0.5, 0.6) is 6.01 Å². The van der Waals surface area contributed by atoms with Crippen LogP contribution >= 0.6 is 0 Å². The van der Waals surface area contributed by atoms with Gasteiger partial charge >= 0.3 is 0 Å². The zero-order valence-corrected chi connectivity index (χ0v) is 10.5. The first-order valence-corrected chi connectivity index (χ1v) is 6.80. The van der Waals surface area contributed by atoms with Gasteiger partial charge in [0.1, 0.15) is 0 Å². The smallest absolute Gasteiger partial charge is 0.293 e. The molecule has 0 radical (unpaired) electrons. The largest absolute Gasteiger partial charge is 0.465 e. The van der Waals surface area contributed by atoms with Crippen molar-refractivity contribution in [3.8, 4) is 6.01 Å². The van der Waals surface area contributed by atoms with Crippen LogP contribution in [-0.4, -0.2) is 41.1 Å². The highest BCUT2D eigenvalue weighted by Gasteiger charge is 2.08. The first-order valence-electron chi connectivity index (χ1n) is 6.80. The number of aromatic amines is 1. The number of nitrogens with zero attached hydrogens (tertiary/aromatic N) is 2. The number of ether oxygens (including phenoxy) is 1. The summed E-state index contributed by atoms with van der Waals surface area (Å²) in [5.74, 6) is 0. The van der Waals surface area contributed by atoms with E-state index in [2.05, 4.69) is 14.9 Å². The van der Waals surface area contributed by atoms with Crippen LogP contribution in [0.15, 0.2) is 12.4 Å². The van der Waals surface area contributed by atoms with Gasteiger partial charge in [-0.1, -0.05) is 6.42 Å². The third kappa shape index (κ3) is 4.77. The molecule has 96 valence electrons. The van der Waals surface area contributed by atoms with Crippen LogP contribution in [0.3, 0.4) is 0 Å². The van der Waals surface area contributed by atoms with Crippen molar-refractivity contribution >= 4 is 0 Å². The van der Waals surface area contributed by atoms with Gasteiger partial charge in [-0.2, -0.15) is 0 Å². The third-order valence-corrected chi connectivity index (χ3v) is 3.28. The van der Waals surface area contributed by atoms with Crippen LogP contribution in [0.4, 0.5) is 0 Å². The number of imidazole rings is 1. The van der Waals surface area contributed by atoms with Gasteiger partial charge in [0.2, 0.25) is 0 Å². The number of H-pyrrole nitrogens is 1. The Kier molecular flexibility index (Phi) is 5.36. The summed E-state index contributed by atoms with van der Waals surface area (Å²) in [6.07, 6.45) is 11.4. The number of aromatic nitrogens is 2. The Balaban J connectivity index is 1.43. The van der Waals surface area contributed by atoms with Crippen molar-refractivity contribution < 1.29 is 4.74 Å². The molecule has 2 heterocycles. The lowest BCUT2D eigenvalue weighted by atomic mass is 10.1. The molecular weight excluding hydrogens is 214 g/mol. The monoisotopic (exact) mass is 237 g/mol. The molecule has 0 aromatic carbocycles. The van der Waals surface area contributed by atoms with Crippen LogP contribution in [-0.2, 0) is 0 Å². The molecule has 0 bridgehead atoms. The van der Waals surface area contributed by atoms with Crippen molar-refractivity contribution in [3.05, 3.63) is 12.4 Å². The third-order valence-electron chi connectivity index (χ3n) is 3.28. The van der Waals surface area contributed by atoms with E-state index >= 15 is 0 Å². The number of rotatable bonds is 7. The summed E-state index contributed by atoms with van der Waals surface area (Å²) in [5.41, 5.74) is 0. The van der Waals surface area contributed by atoms with Gasteiger partial charge in [-0.05, 0) is 51.7 Å². The van der Waals surface area contributed by atoms with Gasteiger partial charge in [-0.3, -0.25) is 0 Å². The molecule has 0 unspecified atom stereocenters. The molecule has 0 amide bonds. The zero-order chi connectivity index (χ0) is 11.8. The second kappa shape index (κ2) is 7.33. The molecule has 0 saturated carbocycles. The fourth-order valence-corrected chi connectivity index (χ4v) is 2.30. The molecule has 2 rings (SSSR count). The Morgan fingerprint density at radius 3 is 2.82 bits per heavy atom. The SMILES string of the molecule is c1c[nH]c(OCCCCCN2CCCCC2)n1. The highest BCUT2D eigenvalue weighted by molar-refractivity contribution is 4.91. The van der Waals surface area contributed by atoms with Crippen LogP contribution < -0.4 is 4.74 Å². The standard InChI is InChI=1S/C13H23N3O/c1-3-9-16(10-4-1)11-5-2-6-12-17-13-14-7-8-15-13/h7-8H,1-6,9-12H2,(H,14,15). The molecule has 4 heteroatoms. The van der Waals surface area contributed by atoms with Gasteiger partial charge in [0.05, 0.1) is 6.61 Å². The van der Waals surface area contributed by atoms with Crippen LogP contribution in [0.1, 0.15) is 38.5 Å². The highest BCUT2D eigenvalue weighted by atomic mass is 16.5. The summed E-state index contributed by atoms with van der Waals surface area (Å²) >= 11 is 0. The van der Waals surface area contributed by atoms with Crippen molar-refractivity contribution in [2.75, 3.05) is 26.2 Å². The van der Waals surface area contributed by atoms with Gasteiger partial charge in [-0.15, -0.1) is 0 Å². The minimum Gasteiger partial charge on any atom is -0.465 e. The fraction of sp³-hybridized carbons (Fsp3) is 0.769. The number of piperidine rings is 1. The van der Waals surface area contributed by atoms with Crippen LogP contribution in [0, 0.1) is 0 Å². The molecular formula is C13H23N3O. The molecule has 1 aromatic rings.